The van der Waals surface area contributed by atoms with Crippen LogP contribution in [0.1, 0.15) is 11.4 Å². The number of nitrogens with zero attached hydrogens (tertiary/aromatic N) is 1. The lowest BCUT2D eigenvalue weighted by molar-refractivity contribution is -0.439. The van der Waals surface area contributed by atoms with E-state index in [0.29, 0.717) is 0 Å². The highest BCUT2D eigenvalue weighted by molar-refractivity contribution is 5.49. The van der Waals surface area contributed by atoms with Crippen molar-refractivity contribution in [2.24, 2.45) is 0 Å². The number of benzene rings is 1. The predicted octanol–water partition coefficient (Wildman–Crippen LogP) is 2.58. The van der Waals surface area contributed by atoms with Gasteiger partial charge in [0.15, 0.2) is 5.75 Å². The van der Waals surface area contributed by atoms with Gasteiger partial charge in [0.05, 0.1) is 0 Å². The second-order valence-electron chi connectivity index (χ2n) is 3.76. The van der Waals surface area contributed by atoms with E-state index in [1.807, 2.05) is 30.5 Å². The first kappa shape index (κ1) is 11.5. The fraction of sp³-hybridized carbons (Fsp3) is 0.167. The van der Waals surface area contributed by atoms with E-state index in [2.05, 4.69) is 9.93 Å². The van der Waals surface area contributed by atoms with Crippen molar-refractivity contribution < 1.29 is 20.3 Å². The third kappa shape index (κ3) is 2.11. The molecule has 2 rings (SSSR count). The number of hydrogen-bond donors (Lipinski definition) is 2. The van der Waals surface area contributed by atoms with Crippen LogP contribution in [0.25, 0.3) is 5.69 Å². The molecule has 2 aromatic rings. The molecular formula is C12H13NO4. The fourth-order valence-electron chi connectivity index (χ4n) is 1.83. The Balaban J connectivity index is 2.45. The molecule has 0 unspecified atom stereocenters. The molecular weight excluding hydrogens is 222 g/mol. The minimum atomic E-state index is -0.107. The number of aromatic nitrogens is 1. The Labute approximate surface area is 98.3 Å². The number of rotatable bonds is 3. The number of hydrogen-bond acceptors (Lipinski definition) is 4. The summed E-state index contributed by atoms with van der Waals surface area (Å²) in [5, 5.41) is 21.3. The molecule has 1 heterocycles. The molecule has 0 spiro atoms. The smallest absolute Gasteiger partial charge is 0.210 e. The maximum Gasteiger partial charge on any atom is 0.210 e. The summed E-state index contributed by atoms with van der Waals surface area (Å²) >= 11 is 0. The highest BCUT2D eigenvalue weighted by Crippen LogP contribution is 2.29. The molecule has 0 aliphatic heterocycles. The Morgan fingerprint density at radius 2 is 1.71 bits per heavy atom. The van der Waals surface area contributed by atoms with E-state index < -0.39 is 0 Å². The van der Waals surface area contributed by atoms with Gasteiger partial charge in [-0.2, -0.15) is 0 Å². The van der Waals surface area contributed by atoms with Crippen molar-refractivity contribution in [2.45, 2.75) is 13.8 Å². The Bertz CT molecular complexity index is 514. The van der Waals surface area contributed by atoms with Gasteiger partial charge in [-0.05, 0) is 43.2 Å². The van der Waals surface area contributed by atoms with Crippen molar-refractivity contribution >= 4 is 0 Å². The molecule has 17 heavy (non-hydrogen) atoms. The molecule has 0 aliphatic carbocycles. The third-order valence-electron chi connectivity index (χ3n) is 2.60. The molecule has 0 atom stereocenters. The van der Waals surface area contributed by atoms with Crippen molar-refractivity contribution in [3.8, 4) is 17.2 Å². The van der Waals surface area contributed by atoms with Crippen LogP contribution >= 0.6 is 0 Å². The van der Waals surface area contributed by atoms with Crippen molar-refractivity contribution in [3.05, 3.63) is 41.7 Å². The number of aryl methyl sites for hydroxylation is 2. The molecule has 0 bridgehead atoms. The van der Waals surface area contributed by atoms with Gasteiger partial charge in [-0.1, -0.05) is 0 Å². The first-order valence-electron chi connectivity index (χ1n) is 5.10. The van der Waals surface area contributed by atoms with Crippen LogP contribution in [0.4, 0.5) is 0 Å². The average Bonchev–Trinajstić information content (AvgIpc) is 2.62. The first-order valence-corrected chi connectivity index (χ1v) is 5.10. The number of phenols is 1. The summed E-state index contributed by atoms with van der Waals surface area (Å²) in [6.07, 6.45) is 0. The van der Waals surface area contributed by atoms with Crippen molar-refractivity contribution in [1.29, 1.82) is 0 Å². The van der Waals surface area contributed by atoms with Crippen LogP contribution in [-0.2, 0) is 5.04 Å². The summed E-state index contributed by atoms with van der Waals surface area (Å²) in [4.78, 5) is 4.37. The minimum Gasteiger partial charge on any atom is -0.504 e. The van der Waals surface area contributed by atoms with Crippen molar-refractivity contribution in [3.63, 3.8) is 0 Å². The van der Waals surface area contributed by atoms with E-state index in [-0.39, 0.29) is 11.5 Å². The Hall–Kier alpha value is -1.98. The zero-order chi connectivity index (χ0) is 12.4. The lowest BCUT2D eigenvalue weighted by atomic mass is 10.2. The quantitative estimate of drug-likeness (QED) is 0.634. The molecule has 1 aromatic heterocycles. The van der Waals surface area contributed by atoms with Crippen molar-refractivity contribution in [1.82, 2.24) is 4.57 Å². The van der Waals surface area contributed by atoms with E-state index >= 15 is 0 Å². The highest BCUT2D eigenvalue weighted by Gasteiger charge is 2.08. The van der Waals surface area contributed by atoms with E-state index in [4.69, 9.17) is 5.26 Å². The van der Waals surface area contributed by atoms with Crippen LogP contribution in [0.15, 0.2) is 30.3 Å². The Morgan fingerprint density at radius 1 is 1.06 bits per heavy atom. The molecule has 1 aromatic carbocycles. The lowest BCUT2D eigenvalue weighted by Crippen LogP contribution is -1.99. The molecule has 0 saturated carbocycles. The minimum absolute atomic E-state index is 0.0544. The fourth-order valence-corrected chi connectivity index (χ4v) is 1.83. The summed E-state index contributed by atoms with van der Waals surface area (Å²) < 4.78 is 1.99. The zero-order valence-corrected chi connectivity index (χ0v) is 9.54. The standard InChI is InChI=1S/C12H13NO4/c1-8-3-4-9(2)13(8)10-5-6-12(16-17-15)11(14)7-10/h3-7,14-15H,1-2H3. The molecule has 0 amide bonds. The average molecular weight is 235 g/mol. The number of phenolic OH excluding ortho intramolecular Hbond substituents is 1. The summed E-state index contributed by atoms with van der Waals surface area (Å²) in [6.45, 7) is 3.95. The predicted molar refractivity (Wildman–Crippen MR) is 61.2 cm³/mol. The van der Waals surface area contributed by atoms with E-state index in [1.54, 1.807) is 6.07 Å². The SMILES string of the molecule is Cc1ccc(C)n1-c1ccc(OOO)c(O)c1. The van der Waals surface area contributed by atoms with Crippen LogP contribution in [0.2, 0.25) is 0 Å². The van der Waals surface area contributed by atoms with Gasteiger partial charge in [0.1, 0.15) is 0 Å². The maximum absolute atomic E-state index is 9.67. The zero-order valence-electron chi connectivity index (χ0n) is 9.54. The second-order valence-corrected chi connectivity index (χ2v) is 3.76. The van der Waals surface area contributed by atoms with E-state index in [1.165, 1.54) is 12.1 Å². The molecule has 0 fully saturated rings. The molecule has 90 valence electrons. The van der Waals surface area contributed by atoms with Gasteiger partial charge in [-0.15, -0.1) is 0 Å². The first-order chi connectivity index (χ1) is 8.13. The van der Waals surface area contributed by atoms with Crippen LogP contribution in [-0.4, -0.2) is 14.9 Å². The van der Waals surface area contributed by atoms with Crippen LogP contribution < -0.4 is 4.89 Å². The monoisotopic (exact) mass is 235 g/mol. The summed E-state index contributed by atoms with van der Waals surface area (Å²) in [5.41, 5.74) is 2.94. The van der Waals surface area contributed by atoms with E-state index in [9.17, 15) is 5.11 Å². The van der Waals surface area contributed by atoms with Crippen molar-refractivity contribution in [2.75, 3.05) is 0 Å². The van der Waals surface area contributed by atoms with Crippen LogP contribution in [0.3, 0.4) is 0 Å². The number of aromatic hydroxyl groups is 1. The van der Waals surface area contributed by atoms with Gasteiger partial charge in [0.2, 0.25) is 5.75 Å². The Morgan fingerprint density at radius 3 is 2.24 bits per heavy atom. The maximum atomic E-state index is 9.67. The molecule has 0 aliphatic rings. The molecule has 0 saturated heterocycles. The van der Waals surface area contributed by atoms with Crippen LogP contribution in [0.5, 0.6) is 11.5 Å². The lowest BCUT2D eigenvalue weighted by Gasteiger charge is -2.10. The van der Waals surface area contributed by atoms with Gasteiger partial charge >= 0.3 is 0 Å². The summed E-state index contributed by atoms with van der Waals surface area (Å²) in [7, 11) is 0. The largest absolute Gasteiger partial charge is 0.504 e. The summed E-state index contributed by atoms with van der Waals surface area (Å²) in [5.74, 6) is -0.0530. The van der Waals surface area contributed by atoms with E-state index in [0.717, 1.165) is 17.1 Å². The molecule has 5 heteroatoms. The second kappa shape index (κ2) is 4.48. The van der Waals surface area contributed by atoms with Gasteiger partial charge in [-0.3, -0.25) is 0 Å². The van der Waals surface area contributed by atoms with Gasteiger partial charge in [0, 0.05) is 23.1 Å². The molecule has 0 radical (unpaired) electrons. The molecule has 5 nitrogen and oxygen atoms in total. The normalized spacial score (nSPS) is 10.5. The van der Waals surface area contributed by atoms with Gasteiger partial charge < -0.3 is 14.6 Å². The molecule has 2 N–H and O–H groups in total. The Kier molecular flexibility index (Phi) is 3.03. The van der Waals surface area contributed by atoms with Gasteiger partial charge in [-0.25, -0.2) is 5.26 Å². The highest BCUT2D eigenvalue weighted by atomic mass is 17.5. The third-order valence-corrected chi connectivity index (χ3v) is 2.60. The summed E-state index contributed by atoms with van der Waals surface area (Å²) in [6, 6.07) is 8.80. The topological polar surface area (TPSA) is 63.9 Å². The van der Waals surface area contributed by atoms with Crippen LogP contribution in [0, 0.1) is 13.8 Å². The van der Waals surface area contributed by atoms with Gasteiger partial charge in [0.25, 0.3) is 0 Å².